The fraction of sp³-hybridized carbons (Fsp3) is 0.409. The monoisotopic (exact) mass is 382 g/mol. The van der Waals surface area contributed by atoms with Crippen LogP contribution in [-0.4, -0.2) is 49.4 Å². The van der Waals surface area contributed by atoms with Gasteiger partial charge in [0.2, 0.25) is 0 Å². The topological polar surface area (TPSA) is 60.0 Å². The van der Waals surface area contributed by atoms with Crippen LogP contribution in [0.15, 0.2) is 48.5 Å². The fourth-order valence-electron chi connectivity index (χ4n) is 3.36. The maximum Gasteiger partial charge on any atom is 0.322 e. The van der Waals surface area contributed by atoms with Crippen LogP contribution in [-0.2, 0) is 4.74 Å². The average molecular weight is 382 g/mol. The summed E-state index contributed by atoms with van der Waals surface area (Å²) in [4.78, 5) is 14.1. The van der Waals surface area contributed by atoms with Crippen molar-refractivity contribution in [3.8, 4) is 11.5 Å². The summed E-state index contributed by atoms with van der Waals surface area (Å²) in [5.74, 6) is 1.63. The number of nitrogens with one attached hydrogen (secondary N) is 1. The van der Waals surface area contributed by atoms with Gasteiger partial charge in [-0.15, -0.1) is 0 Å². The van der Waals surface area contributed by atoms with Crippen LogP contribution in [0.3, 0.4) is 0 Å². The molecular weight excluding hydrogens is 356 g/mol. The van der Waals surface area contributed by atoms with Crippen LogP contribution >= 0.6 is 0 Å². The molecule has 1 unspecified atom stereocenters. The maximum atomic E-state index is 12.3. The van der Waals surface area contributed by atoms with Crippen molar-refractivity contribution in [2.24, 2.45) is 0 Å². The van der Waals surface area contributed by atoms with Crippen molar-refractivity contribution >= 4 is 11.7 Å². The van der Waals surface area contributed by atoms with Crippen molar-refractivity contribution in [1.29, 1.82) is 0 Å². The third-order valence-electron chi connectivity index (χ3n) is 4.99. The van der Waals surface area contributed by atoms with E-state index in [9.17, 15) is 4.79 Å². The molecule has 2 aromatic rings. The highest BCUT2D eigenvalue weighted by Crippen LogP contribution is 2.22. The Morgan fingerprint density at radius 1 is 1.18 bits per heavy atom. The number of carbonyl (C=O) groups is 1. The molecule has 2 fully saturated rings. The molecule has 28 heavy (non-hydrogen) atoms. The van der Waals surface area contributed by atoms with Gasteiger partial charge in [0.1, 0.15) is 24.2 Å². The number of hydrogen-bond donors (Lipinski definition) is 1. The first-order chi connectivity index (χ1) is 13.7. The molecule has 2 heterocycles. The first kappa shape index (κ1) is 18.6. The van der Waals surface area contributed by atoms with Gasteiger partial charge < -0.3 is 24.4 Å². The van der Waals surface area contributed by atoms with Crippen LogP contribution in [0, 0.1) is 6.92 Å². The summed E-state index contributed by atoms with van der Waals surface area (Å²) in [6.45, 7) is 4.60. The second-order valence-electron chi connectivity index (χ2n) is 7.36. The lowest BCUT2D eigenvalue weighted by molar-refractivity contribution is 0.0492. The number of carbonyl (C=O) groups excluding carboxylic acids is 1. The minimum Gasteiger partial charge on any atom is -0.491 e. The summed E-state index contributed by atoms with van der Waals surface area (Å²) < 4.78 is 17.2. The third kappa shape index (κ3) is 4.75. The van der Waals surface area contributed by atoms with Crippen molar-refractivity contribution in [1.82, 2.24) is 4.90 Å². The molecule has 0 aromatic heterocycles. The summed E-state index contributed by atoms with van der Waals surface area (Å²) in [7, 11) is 0. The molecule has 0 radical (unpaired) electrons. The number of rotatable bonds is 6. The Balaban J connectivity index is 1.20. The predicted octanol–water partition coefficient (Wildman–Crippen LogP) is 3.85. The van der Waals surface area contributed by atoms with Gasteiger partial charge in [0.15, 0.2) is 0 Å². The van der Waals surface area contributed by atoms with E-state index in [2.05, 4.69) is 5.32 Å². The molecule has 0 saturated carbocycles. The number of urea groups is 1. The molecule has 0 bridgehead atoms. The van der Waals surface area contributed by atoms with Gasteiger partial charge in [-0.25, -0.2) is 4.79 Å². The van der Waals surface area contributed by atoms with E-state index in [-0.39, 0.29) is 18.2 Å². The number of nitrogens with zero attached hydrogens (tertiary/aromatic N) is 1. The number of anilines is 1. The molecule has 2 aromatic carbocycles. The van der Waals surface area contributed by atoms with E-state index in [0.29, 0.717) is 19.7 Å². The second kappa shape index (κ2) is 8.52. The van der Waals surface area contributed by atoms with Crippen LogP contribution in [0.5, 0.6) is 11.5 Å². The number of hydrogen-bond acceptors (Lipinski definition) is 4. The van der Waals surface area contributed by atoms with Gasteiger partial charge in [-0.1, -0.05) is 12.1 Å². The van der Waals surface area contributed by atoms with Gasteiger partial charge in [-0.05, 0) is 61.7 Å². The van der Waals surface area contributed by atoms with E-state index < -0.39 is 0 Å². The predicted molar refractivity (Wildman–Crippen MR) is 107 cm³/mol. The minimum atomic E-state index is -0.114. The highest BCUT2D eigenvalue weighted by molar-refractivity contribution is 5.90. The summed E-state index contributed by atoms with van der Waals surface area (Å²) >= 11 is 0. The number of amides is 2. The number of aryl methyl sites for hydroxylation is 1. The molecule has 6 heteroatoms. The first-order valence-corrected chi connectivity index (χ1v) is 9.79. The van der Waals surface area contributed by atoms with E-state index in [1.54, 1.807) is 4.90 Å². The Morgan fingerprint density at radius 2 is 2.00 bits per heavy atom. The Morgan fingerprint density at radius 3 is 2.71 bits per heavy atom. The molecule has 4 rings (SSSR count). The van der Waals surface area contributed by atoms with E-state index in [0.717, 1.165) is 42.2 Å². The quantitative estimate of drug-likeness (QED) is 0.824. The van der Waals surface area contributed by atoms with Crippen molar-refractivity contribution in [3.05, 3.63) is 54.1 Å². The van der Waals surface area contributed by atoms with Crippen molar-refractivity contribution in [2.75, 3.05) is 31.6 Å². The van der Waals surface area contributed by atoms with Crippen LogP contribution in [0.2, 0.25) is 0 Å². The van der Waals surface area contributed by atoms with E-state index in [1.165, 1.54) is 0 Å². The van der Waals surface area contributed by atoms with Gasteiger partial charge in [0.05, 0.1) is 19.2 Å². The summed E-state index contributed by atoms with van der Waals surface area (Å²) in [5.41, 5.74) is 1.91. The number of ether oxygens (including phenoxy) is 3. The lowest BCUT2D eigenvalue weighted by Gasteiger charge is -2.38. The Kier molecular flexibility index (Phi) is 5.67. The van der Waals surface area contributed by atoms with Gasteiger partial charge in [0.25, 0.3) is 0 Å². The molecule has 148 valence electrons. The van der Waals surface area contributed by atoms with E-state index in [4.69, 9.17) is 14.2 Å². The van der Waals surface area contributed by atoms with E-state index >= 15 is 0 Å². The average Bonchev–Trinajstić information content (AvgIpc) is 3.17. The first-order valence-electron chi connectivity index (χ1n) is 9.79. The summed E-state index contributed by atoms with van der Waals surface area (Å²) in [6.07, 6.45) is 2.40. The van der Waals surface area contributed by atoms with Crippen LogP contribution in [0.4, 0.5) is 10.5 Å². The highest BCUT2D eigenvalue weighted by Gasteiger charge is 2.32. The van der Waals surface area contributed by atoms with Gasteiger partial charge in [-0.3, -0.25) is 0 Å². The Labute approximate surface area is 165 Å². The van der Waals surface area contributed by atoms with Gasteiger partial charge in [-0.2, -0.15) is 0 Å². The molecule has 0 aliphatic carbocycles. The molecular formula is C22H26N2O4. The van der Waals surface area contributed by atoms with Crippen molar-refractivity contribution in [2.45, 2.75) is 32.0 Å². The lowest BCUT2D eigenvalue weighted by atomic mass is 10.1. The number of benzene rings is 2. The molecule has 1 atom stereocenters. The molecule has 0 spiro atoms. The van der Waals surface area contributed by atoms with Crippen LogP contribution < -0.4 is 14.8 Å². The SMILES string of the molecule is Cc1cccc(OC2CN(C(=O)Nc3ccc(OCC4CCCO4)cc3)C2)c1. The maximum absolute atomic E-state index is 12.3. The summed E-state index contributed by atoms with van der Waals surface area (Å²) in [5, 5.41) is 2.91. The van der Waals surface area contributed by atoms with E-state index in [1.807, 2.05) is 55.5 Å². The largest absolute Gasteiger partial charge is 0.491 e. The lowest BCUT2D eigenvalue weighted by Crippen LogP contribution is -2.57. The second-order valence-corrected chi connectivity index (χ2v) is 7.36. The number of likely N-dealkylation sites (tertiary alicyclic amines) is 1. The fourth-order valence-corrected chi connectivity index (χ4v) is 3.36. The smallest absolute Gasteiger partial charge is 0.322 e. The Hall–Kier alpha value is -2.73. The third-order valence-corrected chi connectivity index (χ3v) is 4.99. The molecule has 2 amide bonds. The minimum absolute atomic E-state index is 0.0427. The van der Waals surface area contributed by atoms with Crippen molar-refractivity contribution < 1.29 is 19.0 Å². The van der Waals surface area contributed by atoms with Crippen LogP contribution in [0.25, 0.3) is 0 Å². The zero-order valence-corrected chi connectivity index (χ0v) is 16.1. The van der Waals surface area contributed by atoms with Crippen LogP contribution in [0.1, 0.15) is 18.4 Å². The van der Waals surface area contributed by atoms with Crippen molar-refractivity contribution in [3.63, 3.8) is 0 Å². The molecule has 2 saturated heterocycles. The zero-order valence-electron chi connectivity index (χ0n) is 16.1. The molecule has 6 nitrogen and oxygen atoms in total. The molecule has 1 N–H and O–H groups in total. The summed E-state index contributed by atoms with van der Waals surface area (Å²) in [6, 6.07) is 15.3. The molecule has 2 aliphatic rings. The standard InChI is InChI=1S/C22H26N2O4/c1-16-4-2-5-19(12-16)28-21-13-24(14-21)22(25)23-17-7-9-18(10-8-17)27-15-20-6-3-11-26-20/h2,4-5,7-10,12,20-21H,3,6,11,13-15H2,1H3,(H,23,25). The highest BCUT2D eigenvalue weighted by atomic mass is 16.5. The van der Waals surface area contributed by atoms with Gasteiger partial charge in [0, 0.05) is 12.3 Å². The normalized spacial score (nSPS) is 19.2. The van der Waals surface area contributed by atoms with Gasteiger partial charge >= 0.3 is 6.03 Å². The zero-order chi connectivity index (χ0) is 19.3. The molecule has 2 aliphatic heterocycles. The Bertz CT molecular complexity index is 796.